The molecule has 2 aromatic heterocycles. The number of nitrogens with zero attached hydrogens (tertiary/aromatic N) is 1. The number of benzene rings is 10. The minimum Gasteiger partial charge on any atom is -0.456 e. The van der Waals surface area contributed by atoms with Gasteiger partial charge in [-0.3, -0.25) is 0 Å². The van der Waals surface area contributed by atoms with E-state index in [0.29, 0.717) is 0 Å². The van der Waals surface area contributed by atoms with Crippen LogP contribution in [0.2, 0.25) is 0 Å². The van der Waals surface area contributed by atoms with Crippen molar-refractivity contribution in [2.45, 2.75) is 24.7 Å². The highest BCUT2D eigenvalue weighted by Gasteiger charge is 2.50. The van der Waals surface area contributed by atoms with E-state index in [1.807, 2.05) is 0 Å². The quantitative estimate of drug-likeness (QED) is 0.177. The van der Waals surface area contributed by atoms with Crippen LogP contribution in [0.1, 0.15) is 47.2 Å². The number of furan rings is 2. The third kappa shape index (κ3) is 4.75. The predicted octanol–water partition coefficient (Wildman–Crippen LogP) is 17.3. The highest BCUT2D eigenvalue weighted by atomic mass is 16.3. The maximum absolute atomic E-state index is 6.61. The van der Waals surface area contributed by atoms with E-state index < -0.39 is 5.41 Å². The fraction of sp³-hybridized carbons (Fsp3) is 0.0625. The molecule has 0 amide bonds. The molecule has 0 radical (unpaired) electrons. The molecule has 3 aliphatic carbocycles. The molecule has 0 bridgehead atoms. The molecule has 2 heterocycles. The van der Waals surface area contributed by atoms with E-state index in [1.165, 1.54) is 77.9 Å². The van der Waals surface area contributed by atoms with Crippen molar-refractivity contribution in [1.29, 1.82) is 0 Å². The van der Waals surface area contributed by atoms with Crippen molar-refractivity contribution in [3.8, 4) is 44.5 Å². The van der Waals surface area contributed by atoms with Crippen LogP contribution < -0.4 is 4.90 Å². The van der Waals surface area contributed by atoms with Crippen LogP contribution in [-0.4, -0.2) is 0 Å². The van der Waals surface area contributed by atoms with Crippen LogP contribution >= 0.6 is 0 Å². The van der Waals surface area contributed by atoms with Gasteiger partial charge >= 0.3 is 0 Å². The summed E-state index contributed by atoms with van der Waals surface area (Å²) in [5.41, 5.74) is 23.7. The molecule has 1 atom stereocenters. The van der Waals surface area contributed by atoms with Crippen molar-refractivity contribution >= 4 is 60.9 Å². The van der Waals surface area contributed by atoms with Crippen molar-refractivity contribution in [2.75, 3.05) is 4.90 Å². The lowest BCUT2D eigenvalue weighted by molar-refractivity contribution is 0.660. The number of fused-ring (bicyclic) bond motifs is 21. The minimum atomic E-state index is -0.656. The van der Waals surface area contributed by atoms with Gasteiger partial charge in [-0.1, -0.05) is 166 Å². The largest absolute Gasteiger partial charge is 0.456 e. The van der Waals surface area contributed by atoms with Crippen molar-refractivity contribution < 1.29 is 8.83 Å². The van der Waals surface area contributed by atoms with Gasteiger partial charge in [-0.15, -0.1) is 0 Å². The van der Waals surface area contributed by atoms with Crippen LogP contribution in [0, 0.1) is 0 Å². The smallest absolute Gasteiger partial charge is 0.137 e. The molecule has 0 fully saturated rings. The number of rotatable bonds is 3. The molecule has 12 aromatic rings. The molecule has 3 nitrogen and oxygen atoms in total. The molecule has 67 heavy (non-hydrogen) atoms. The van der Waals surface area contributed by atoms with Crippen LogP contribution in [0.3, 0.4) is 0 Å². The normalized spacial score (nSPS) is 15.8. The average Bonchev–Trinajstić information content (AvgIpc) is 4.07. The third-order valence-corrected chi connectivity index (χ3v) is 15.5. The van der Waals surface area contributed by atoms with E-state index in [1.54, 1.807) is 0 Å². The minimum absolute atomic E-state index is 0.179. The fourth-order valence-corrected chi connectivity index (χ4v) is 12.6. The average molecular weight is 856 g/mol. The number of hydrogen-bond donors (Lipinski definition) is 0. The second-order valence-electron chi connectivity index (χ2n) is 19.1. The van der Waals surface area contributed by atoms with Gasteiger partial charge < -0.3 is 13.7 Å². The molecule has 0 N–H and O–H groups in total. The second kappa shape index (κ2) is 13.1. The molecular formula is C64H41NO2. The summed E-state index contributed by atoms with van der Waals surface area (Å²) >= 11 is 0. The number of anilines is 3. The zero-order valence-electron chi connectivity index (χ0n) is 37.0. The molecule has 0 aliphatic heterocycles. The first-order chi connectivity index (χ1) is 33.0. The molecule has 1 spiro atoms. The van der Waals surface area contributed by atoms with E-state index in [2.05, 4.69) is 231 Å². The highest BCUT2D eigenvalue weighted by Crippen LogP contribution is 2.63. The summed E-state index contributed by atoms with van der Waals surface area (Å²) in [5.74, 6) is 0. The summed E-state index contributed by atoms with van der Waals surface area (Å²) < 4.78 is 13.2. The molecule has 3 heteroatoms. The molecule has 0 saturated carbocycles. The predicted molar refractivity (Wildman–Crippen MR) is 275 cm³/mol. The summed E-state index contributed by atoms with van der Waals surface area (Å²) in [7, 11) is 0. The number of para-hydroxylation sites is 2. The van der Waals surface area contributed by atoms with Crippen molar-refractivity contribution in [3.63, 3.8) is 0 Å². The summed E-state index contributed by atoms with van der Waals surface area (Å²) in [4.78, 5) is 2.48. The van der Waals surface area contributed by atoms with Gasteiger partial charge in [0.2, 0.25) is 0 Å². The lowest BCUT2D eigenvalue weighted by Gasteiger charge is -2.36. The molecule has 10 aromatic carbocycles. The second-order valence-corrected chi connectivity index (χ2v) is 19.1. The Morgan fingerprint density at radius 2 is 0.821 bits per heavy atom. The van der Waals surface area contributed by atoms with Gasteiger partial charge in [0.15, 0.2) is 0 Å². The monoisotopic (exact) mass is 855 g/mol. The van der Waals surface area contributed by atoms with Crippen LogP contribution in [-0.2, 0) is 10.8 Å². The first kappa shape index (κ1) is 36.9. The fourth-order valence-electron chi connectivity index (χ4n) is 12.6. The Balaban J connectivity index is 1.06. The zero-order chi connectivity index (χ0) is 44.2. The summed E-state index contributed by atoms with van der Waals surface area (Å²) in [6.45, 7) is 4.73. The van der Waals surface area contributed by atoms with E-state index in [9.17, 15) is 0 Å². The molecule has 0 saturated heterocycles. The van der Waals surface area contributed by atoms with Gasteiger partial charge in [0.05, 0.1) is 16.5 Å². The standard InChI is InChI=1S/C64H41NO2/c1-63(2)51-23-10-5-19-43(51)45-32-30-39(35-55(45)63)65(57-26-15-29-60-62(57)47-22-9-14-28-59(47)66-60)38-31-33-54-48(34-38)41-17-4-3-16-40(41)42-18-6-11-24-52(42)64(54)53-25-12-7-20-44(53)49-37-61-50(36-56(49)64)46-21-8-13-27-58(46)67-61/h3-37H,1-2H3. The Hall–Kier alpha value is -8.40. The van der Waals surface area contributed by atoms with Gasteiger partial charge in [0.1, 0.15) is 22.3 Å². The first-order valence-corrected chi connectivity index (χ1v) is 23.3. The Morgan fingerprint density at radius 1 is 0.313 bits per heavy atom. The van der Waals surface area contributed by atoms with Gasteiger partial charge in [0, 0.05) is 32.9 Å². The van der Waals surface area contributed by atoms with Crippen molar-refractivity contribution in [3.05, 3.63) is 246 Å². The molecule has 1 unspecified atom stereocenters. The number of hydrogen-bond acceptors (Lipinski definition) is 3. The Labute approximate surface area is 387 Å². The molecular weight excluding hydrogens is 815 g/mol. The Morgan fingerprint density at radius 3 is 1.58 bits per heavy atom. The third-order valence-electron chi connectivity index (χ3n) is 15.5. The first-order valence-electron chi connectivity index (χ1n) is 23.3. The molecule has 3 aliphatic rings. The zero-order valence-corrected chi connectivity index (χ0v) is 37.0. The van der Waals surface area contributed by atoms with Crippen molar-refractivity contribution in [1.82, 2.24) is 0 Å². The Kier molecular flexibility index (Phi) is 7.22. The van der Waals surface area contributed by atoms with Gasteiger partial charge in [0.25, 0.3) is 0 Å². The maximum atomic E-state index is 6.61. The molecule has 15 rings (SSSR count). The van der Waals surface area contributed by atoms with Gasteiger partial charge in [-0.2, -0.15) is 0 Å². The lowest BCUT2D eigenvalue weighted by atomic mass is 9.65. The summed E-state index contributed by atoms with van der Waals surface area (Å²) in [6, 6.07) is 78.6. The molecule has 314 valence electrons. The van der Waals surface area contributed by atoms with Gasteiger partial charge in [-0.25, -0.2) is 0 Å². The lowest BCUT2D eigenvalue weighted by Crippen LogP contribution is -2.29. The van der Waals surface area contributed by atoms with E-state index in [4.69, 9.17) is 8.83 Å². The van der Waals surface area contributed by atoms with Crippen LogP contribution in [0.15, 0.2) is 221 Å². The SMILES string of the molecule is CC1(C)c2ccccc2-c2ccc(N(c3ccc4c(c3)-c3ccccc3-c3ccccc3C43c4ccccc4-c4cc5oc6ccccc6c5cc43)c3cccc4oc5ccccc5c34)cc21. The van der Waals surface area contributed by atoms with Crippen molar-refractivity contribution in [2.24, 2.45) is 0 Å². The summed E-state index contributed by atoms with van der Waals surface area (Å²) in [6.07, 6.45) is 0. The van der Waals surface area contributed by atoms with Crippen LogP contribution in [0.4, 0.5) is 17.1 Å². The van der Waals surface area contributed by atoms with Crippen LogP contribution in [0.5, 0.6) is 0 Å². The Bertz CT molecular complexity index is 4110. The summed E-state index contributed by atoms with van der Waals surface area (Å²) in [5, 5.41) is 4.45. The highest BCUT2D eigenvalue weighted by molar-refractivity contribution is 6.14. The maximum Gasteiger partial charge on any atom is 0.137 e. The van der Waals surface area contributed by atoms with E-state index in [0.717, 1.165) is 60.9 Å². The van der Waals surface area contributed by atoms with Gasteiger partial charge in [-0.05, 0) is 139 Å². The topological polar surface area (TPSA) is 29.5 Å². The van der Waals surface area contributed by atoms with E-state index in [-0.39, 0.29) is 5.41 Å². The van der Waals surface area contributed by atoms with Crippen LogP contribution in [0.25, 0.3) is 88.4 Å². The van der Waals surface area contributed by atoms with E-state index >= 15 is 0 Å².